The van der Waals surface area contributed by atoms with Gasteiger partial charge in [-0.1, -0.05) is 12.1 Å². The molecule has 0 aliphatic carbocycles. The summed E-state index contributed by atoms with van der Waals surface area (Å²) in [7, 11) is 0. The van der Waals surface area contributed by atoms with Gasteiger partial charge < -0.3 is 4.74 Å². The number of carbonyl (C=O) groups is 1. The summed E-state index contributed by atoms with van der Waals surface area (Å²) in [6.07, 6.45) is 0. The average molecular weight is 277 g/mol. The van der Waals surface area contributed by atoms with Crippen molar-refractivity contribution in [3.8, 4) is 6.01 Å². The molecule has 2 aromatic rings. The molecule has 0 atom stereocenters. The van der Waals surface area contributed by atoms with Gasteiger partial charge in [0, 0.05) is 6.07 Å². The summed E-state index contributed by atoms with van der Waals surface area (Å²) in [6, 6.07) is 5.71. The number of nitro benzene ring substituents is 1. The average Bonchev–Trinajstić information content (AvgIpc) is 2.86. The zero-order chi connectivity index (χ0) is 14.5. The SMILES string of the molecule is CCOc1n[nH]c(NC(=O)c2ccccc2[N+](=O)[O-])n1. The number of aromatic nitrogens is 3. The zero-order valence-corrected chi connectivity index (χ0v) is 10.5. The van der Waals surface area contributed by atoms with E-state index in [4.69, 9.17) is 4.74 Å². The summed E-state index contributed by atoms with van der Waals surface area (Å²) >= 11 is 0. The molecule has 104 valence electrons. The van der Waals surface area contributed by atoms with Crippen LogP contribution in [0.4, 0.5) is 11.6 Å². The Balaban J connectivity index is 2.17. The van der Waals surface area contributed by atoms with Crippen molar-refractivity contribution in [2.75, 3.05) is 11.9 Å². The van der Waals surface area contributed by atoms with E-state index in [2.05, 4.69) is 20.5 Å². The number of nitrogens with one attached hydrogen (secondary N) is 2. The van der Waals surface area contributed by atoms with Crippen LogP contribution in [0.2, 0.25) is 0 Å². The summed E-state index contributed by atoms with van der Waals surface area (Å²) in [4.78, 5) is 26.0. The van der Waals surface area contributed by atoms with Crippen LogP contribution < -0.4 is 10.1 Å². The van der Waals surface area contributed by atoms with Gasteiger partial charge in [-0.2, -0.15) is 4.98 Å². The second kappa shape index (κ2) is 5.78. The molecule has 20 heavy (non-hydrogen) atoms. The fourth-order valence-corrected chi connectivity index (χ4v) is 1.50. The van der Waals surface area contributed by atoms with E-state index in [1.165, 1.54) is 24.3 Å². The number of amides is 1. The van der Waals surface area contributed by atoms with Gasteiger partial charge in [0.15, 0.2) is 0 Å². The van der Waals surface area contributed by atoms with E-state index in [0.717, 1.165) is 0 Å². The summed E-state index contributed by atoms with van der Waals surface area (Å²) in [5, 5.41) is 19.4. The standard InChI is InChI=1S/C11H11N5O4/c1-2-20-11-13-10(14-15-11)12-9(17)7-5-3-4-6-8(7)16(18)19/h3-6H,2H2,1H3,(H2,12,13,14,15,17). The first-order valence-corrected chi connectivity index (χ1v) is 5.71. The van der Waals surface area contributed by atoms with Crippen molar-refractivity contribution in [3.63, 3.8) is 0 Å². The molecular weight excluding hydrogens is 266 g/mol. The van der Waals surface area contributed by atoms with Crippen molar-refractivity contribution in [1.82, 2.24) is 15.2 Å². The van der Waals surface area contributed by atoms with E-state index >= 15 is 0 Å². The molecule has 0 bridgehead atoms. The van der Waals surface area contributed by atoms with E-state index in [1.54, 1.807) is 6.92 Å². The van der Waals surface area contributed by atoms with Gasteiger partial charge in [-0.3, -0.25) is 20.2 Å². The highest BCUT2D eigenvalue weighted by atomic mass is 16.6. The normalized spacial score (nSPS) is 10.1. The Morgan fingerprint density at radius 1 is 1.50 bits per heavy atom. The number of para-hydroxylation sites is 1. The number of anilines is 1. The minimum absolute atomic E-state index is 0.0524. The van der Waals surface area contributed by atoms with Crippen molar-refractivity contribution < 1.29 is 14.5 Å². The molecule has 0 unspecified atom stereocenters. The minimum Gasteiger partial charge on any atom is -0.463 e. The van der Waals surface area contributed by atoms with Gasteiger partial charge in [0.1, 0.15) is 5.56 Å². The molecule has 2 rings (SSSR count). The second-order valence-electron chi connectivity index (χ2n) is 3.63. The first-order valence-electron chi connectivity index (χ1n) is 5.71. The highest BCUT2D eigenvalue weighted by Crippen LogP contribution is 2.18. The lowest BCUT2D eigenvalue weighted by atomic mass is 10.1. The van der Waals surface area contributed by atoms with E-state index in [-0.39, 0.29) is 23.2 Å². The number of nitro groups is 1. The fraction of sp³-hybridized carbons (Fsp3) is 0.182. The van der Waals surface area contributed by atoms with Crippen molar-refractivity contribution in [2.45, 2.75) is 6.92 Å². The topological polar surface area (TPSA) is 123 Å². The number of rotatable bonds is 5. The second-order valence-corrected chi connectivity index (χ2v) is 3.63. The first-order chi connectivity index (χ1) is 9.61. The van der Waals surface area contributed by atoms with Crippen LogP contribution in [0.25, 0.3) is 0 Å². The Morgan fingerprint density at radius 3 is 2.95 bits per heavy atom. The lowest BCUT2D eigenvalue weighted by Crippen LogP contribution is -2.14. The van der Waals surface area contributed by atoms with Gasteiger partial charge in [0.2, 0.25) is 5.95 Å². The van der Waals surface area contributed by atoms with Crippen LogP contribution in [0.1, 0.15) is 17.3 Å². The number of H-pyrrole nitrogens is 1. The summed E-state index contributed by atoms with van der Waals surface area (Å²) in [5.74, 6) is -0.604. The Labute approximate surface area is 113 Å². The Hall–Kier alpha value is -2.97. The maximum absolute atomic E-state index is 12.0. The Bertz CT molecular complexity index is 639. The van der Waals surface area contributed by atoms with Crippen LogP contribution in [0.15, 0.2) is 24.3 Å². The molecule has 0 fully saturated rings. The smallest absolute Gasteiger partial charge is 0.337 e. The lowest BCUT2D eigenvalue weighted by Gasteiger charge is -2.02. The maximum Gasteiger partial charge on any atom is 0.337 e. The molecule has 0 aliphatic heterocycles. The number of ether oxygens (including phenoxy) is 1. The zero-order valence-electron chi connectivity index (χ0n) is 10.5. The number of nitrogens with zero attached hydrogens (tertiary/aromatic N) is 3. The fourth-order valence-electron chi connectivity index (χ4n) is 1.50. The van der Waals surface area contributed by atoms with Crippen LogP contribution >= 0.6 is 0 Å². The molecule has 2 N–H and O–H groups in total. The highest BCUT2D eigenvalue weighted by molar-refractivity contribution is 6.06. The van der Waals surface area contributed by atoms with E-state index in [0.29, 0.717) is 6.61 Å². The molecule has 1 amide bonds. The molecule has 0 radical (unpaired) electrons. The summed E-state index contributed by atoms with van der Waals surface area (Å²) in [5.41, 5.74) is -0.346. The van der Waals surface area contributed by atoms with Gasteiger partial charge in [0.25, 0.3) is 11.6 Å². The van der Waals surface area contributed by atoms with Gasteiger partial charge in [0.05, 0.1) is 11.5 Å². The minimum atomic E-state index is -0.656. The molecule has 1 heterocycles. The predicted octanol–water partition coefficient (Wildman–Crippen LogP) is 1.36. The lowest BCUT2D eigenvalue weighted by molar-refractivity contribution is -0.385. The van der Waals surface area contributed by atoms with Crippen LogP contribution in [0.3, 0.4) is 0 Å². The maximum atomic E-state index is 12.0. The summed E-state index contributed by atoms with van der Waals surface area (Å²) < 4.78 is 5.02. The van der Waals surface area contributed by atoms with Crippen molar-refractivity contribution in [2.24, 2.45) is 0 Å². The predicted molar refractivity (Wildman–Crippen MR) is 68.6 cm³/mol. The largest absolute Gasteiger partial charge is 0.463 e. The van der Waals surface area contributed by atoms with Crippen molar-refractivity contribution in [3.05, 3.63) is 39.9 Å². The molecule has 0 aliphatic rings. The van der Waals surface area contributed by atoms with Crippen molar-refractivity contribution >= 4 is 17.5 Å². The number of hydrogen-bond donors (Lipinski definition) is 2. The summed E-state index contributed by atoms with van der Waals surface area (Å²) in [6.45, 7) is 2.15. The molecule has 1 aromatic carbocycles. The van der Waals surface area contributed by atoms with E-state index < -0.39 is 10.8 Å². The third kappa shape index (κ3) is 2.88. The van der Waals surface area contributed by atoms with Gasteiger partial charge in [-0.05, 0) is 13.0 Å². The van der Waals surface area contributed by atoms with Crippen molar-refractivity contribution in [1.29, 1.82) is 0 Å². The molecular formula is C11H11N5O4. The van der Waals surface area contributed by atoms with Crippen LogP contribution in [-0.2, 0) is 0 Å². The molecule has 0 saturated heterocycles. The molecule has 9 nitrogen and oxygen atoms in total. The van der Waals surface area contributed by atoms with Crippen LogP contribution in [0, 0.1) is 10.1 Å². The van der Waals surface area contributed by atoms with Gasteiger partial charge in [-0.25, -0.2) is 5.10 Å². The first kappa shape index (κ1) is 13.5. The number of aromatic amines is 1. The molecule has 1 aromatic heterocycles. The number of benzene rings is 1. The molecule has 0 spiro atoms. The molecule has 0 saturated carbocycles. The van der Waals surface area contributed by atoms with Gasteiger partial charge >= 0.3 is 6.01 Å². The van der Waals surface area contributed by atoms with E-state index in [9.17, 15) is 14.9 Å². The highest BCUT2D eigenvalue weighted by Gasteiger charge is 2.20. The third-order valence-electron chi connectivity index (χ3n) is 2.32. The molecule has 9 heteroatoms. The van der Waals surface area contributed by atoms with Crippen LogP contribution in [0.5, 0.6) is 6.01 Å². The van der Waals surface area contributed by atoms with Gasteiger partial charge in [-0.15, -0.1) is 5.10 Å². The Kier molecular flexibility index (Phi) is 3.89. The third-order valence-corrected chi connectivity index (χ3v) is 2.32. The quantitative estimate of drug-likeness (QED) is 0.628. The monoisotopic (exact) mass is 277 g/mol. The number of carbonyl (C=O) groups excluding carboxylic acids is 1. The number of hydrogen-bond acceptors (Lipinski definition) is 6. The van der Waals surface area contributed by atoms with E-state index in [1.807, 2.05) is 0 Å². The van der Waals surface area contributed by atoms with Crippen LogP contribution in [-0.4, -0.2) is 32.6 Å². The Morgan fingerprint density at radius 2 is 2.25 bits per heavy atom.